The monoisotopic (exact) mass is 212 g/mol. The van der Waals surface area contributed by atoms with E-state index in [1.165, 1.54) is 42.3 Å². The van der Waals surface area contributed by atoms with E-state index in [2.05, 4.69) is 34.6 Å². The largest absolute Gasteiger partial charge is 0.357 e. The van der Waals surface area contributed by atoms with Crippen LogP contribution in [0.3, 0.4) is 0 Å². The number of aromatic amines is 1. The topological polar surface area (TPSA) is 27.8 Å². The van der Waals surface area contributed by atoms with E-state index in [-0.39, 0.29) is 0 Å². The van der Waals surface area contributed by atoms with Crippen LogP contribution in [0.15, 0.2) is 24.3 Å². The predicted octanol–water partition coefficient (Wildman–Crippen LogP) is 2.91. The average Bonchev–Trinajstić information content (AvgIpc) is 2.92. The molecule has 1 aromatic heterocycles. The Morgan fingerprint density at radius 2 is 2.00 bits per heavy atom. The maximum atomic E-state index is 3.74. The Hall–Kier alpha value is -1.28. The maximum absolute atomic E-state index is 3.74. The van der Waals surface area contributed by atoms with E-state index < -0.39 is 0 Å². The van der Waals surface area contributed by atoms with Crippen molar-refractivity contribution in [2.24, 2.45) is 0 Å². The molecule has 2 aliphatic carbocycles. The number of para-hydroxylation sites is 1. The van der Waals surface area contributed by atoms with Crippen molar-refractivity contribution in [1.82, 2.24) is 10.3 Å². The van der Waals surface area contributed by atoms with E-state index in [0.717, 1.165) is 6.04 Å². The number of H-pyrrole nitrogens is 1. The Morgan fingerprint density at radius 3 is 2.88 bits per heavy atom. The number of fused-ring (bicyclic) bond motifs is 3. The highest BCUT2D eigenvalue weighted by molar-refractivity contribution is 5.85. The van der Waals surface area contributed by atoms with Crippen LogP contribution in [0.2, 0.25) is 0 Å². The first-order chi connectivity index (χ1) is 7.92. The second-order valence-electron chi connectivity index (χ2n) is 5.10. The summed E-state index contributed by atoms with van der Waals surface area (Å²) in [5, 5.41) is 5.17. The summed E-state index contributed by atoms with van der Waals surface area (Å²) in [4.78, 5) is 3.60. The first-order valence-corrected chi connectivity index (χ1v) is 6.27. The molecule has 0 amide bonds. The number of hydrogen-bond donors (Lipinski definition) is 2. The van der Waals surface area contributed by atoms with Crippen LogP contribution in [-0.4, -0.2) is 11.0 Å². The van der Waals surface area contributed by atoms with E-state index in [4.69, 9.17) is 0 Å². The lowest BCUT2D eigenvalue weighted by Crippen LogP contribution is -2.21. The summed E-state index contributed by atoms with van der Waals surface area (Å²) in [5.74, 6) is 0. The van der Waals surface area contributed by atoms with Gasteiger partial charge in [-0.05, 0) is 37.3 Å². The SMILES string of the molecule is c1ccc2c3c([nH]c2c1)C(NC1CC1)CC3. The molecule has 0 aliphatic heterocycles. The fraction of sp³-hybridized carbons (Fsp3) is 0.429. The van der Waals surface area contributed by atoms with Gasteiger partial charge in [-0.15, -0.1) is 0 Å². The fourth-order valence-corrected chi connectivity index (χ4v) is 2.92. The van der Waals surface area contributed by atoms with Crippen molar-refractivity contribution in [3.05, 3.63) is 35.5 Å². The van der Waals surface area contributed by atoms with Crippen molar-refractivity contribution in [1.29, 1.82) is 0 Å². The van der Waals surface area contributed by atoms with Crippen molar-refractivity contribution in [3.8, 4) is 0 Å². The Morgan fingerprint density at radius 1 is 1.12 bits per heavy atom. The lowest BCUT2D eigenvalue weighted by atomic mass is 10.1. The summed E-state index contributed by atoms with van der Waals surface area (Å²) in [5.41, 5.74) is 4.30. The third kappa shape index (κ3) is 1.23. The van der Waals surface area contributed by atoms with E-state index in [1.807, 2.05) is 0 Å². The molecule has 1 aromatic carbocycles. The molecular weight excluding hydrogens is 196 g/mol. The summed E-state index contributed by atoms with van der Waals surface area (Å²) in [7, 11) is 0. The summed E-state index contributed by atoms with van der Waals surface area (Å²) >= 11 is 0. The molecule has 0 bridgehead atoms. The van der Waals surface area contributed by atoms with Gasteiger partial charge in [0.25, 0.3) is 0 Å². The van der Waals surface area contributed by atoms with Gasteiger partial charge in [0.1, 0.15) is 0 Å². The molecule has 1 atom stereocenters. The highest BCUT2D eigenvalue weighted by atomic mass is 15.0. The van der Waals surface area contributed by atoms with Gasteiger partial charge < -0.3 is 10.3 Å². The number of rotatable bonds is 2. The van der Waals surface area contributed by atoms with E-state index in [0.29, 0.717) is 6.04 Å². The summed E-state index contributed by atoms with van der Waals surface area (Å²) in [6.45, 7) is 0. The Balaban J connectivity index is 1.79. The number of nitrogens with one attached hydrogen (secondary N) is 2. The minimum absolute atomic E-state index is 0.579. The third-order valence-corrected chi connectivity index (χ3v) is 3.89. The minimum Gasteiger partial charge on any atom is -0.357 e. The van der Waals surface area contributed by atoms with Gasteiger partial charge in [0.15, 0.2) is 0 Å². The Labute approximate surface area is 95.1 Å². The van der Waals surface area contributed by atoms with Gasteiger partial charge in [0.2, 0.25) is 0 Å². The lowest BCUT2D eigenvalue weighted by Gasteiger charge is -2.11. The molecule has 2 heteroatoms. The van der Waals surface area contributed by atoms with Crippen molar-refractivity contribution in [3.63, 3.8) is 0 Å². The highest BCUT2D eigenvalue weighted by Crippen LogP contribution is 2.37. The number of benzene rings is 1. The molecule has 1 saturated carbocycles. The molecule has 2 aliphatic rings. The molecule has 2 N–H and O–H groups in total. The molecule has 16 heavy (non-hydrogen) atoms. The average molecular weight is 212 g/mol. The summed E-state index contributed by atoms with van der Waals surface area (Å²) < 4.78 is 0. The zero-order valence-electron chi connectivity index (χ0n) is 9.29. The molecule has 1 heterocycles. The van der Waals surface area contributed by atoms with Gasteiger partial charge in [0, 0.05) is 28.7 Å². The zero-order valence-corrected chi connectivity index (χ0v) is 9.29. The summed E-state index contributed by atoms with van der Waals surface area (Å²) in [6.07, 6.45) is 5.23. The third-order valence-electron chi connectivity index (χ3n) is 3.89. The van der Waals surface area contributed by atoms with Gasteiger partial charge >= 0.3 is 0 Å². The van der Waals surface area contributed by atoms with Crippen LogP contribution >= 0.6 is 0 Å². The van der Waals surface area contributed by atoms with Gasteiger partial charge in [-0.25, -0.2) is 0 Å². The quantitative estimate of drug-likeness (QED) is 0.787. The highest BCUT2D eigenvalue weighted by Gasteiger charge is 2.31. The van der Waals surface area contributed by atoms with Crippen LogP contribution in [0.1, 0.15) is 36.6 Å². The predicted molar refractivity (Wildman–Crippen MR) is 65.5 cm³/mol. The molecule has 2 nitrogen and oxygen atoms in total. The number of aromatic nitrogens is 1. The van der Waals surface area contributed by atoms with E-state index >= 15 is 0 Å². The smallest absolute Gasteiger partial charge is 0.0481 e. The van der Waals surface area contributed by atoms with Gasteiger partial charge in [-0.3, -0.25) is 0 Å². The summed E-state index contributed by atoms with van der Waals surface area (Å²) in [6, 6.07) is 10.0. The molecule has 1 unspecified atom stereocenters. The fourth-order valence-electron chi connectivity index (χ4n) is 2.92. The van der Waals surface area contributed by atoms with Crippen LogP contribution in [0.5, 0.6) is 0 Å². The van der Waals surface area contributed by atoms with Crippen LogP contribution in [0.25, 0.3) is 10.9 Å². The molecule has 0 radical (unpaired) electrons. The first-order valence-electron chi connectivity index (χ1n) is 6.27. The van der Waals surface area contributed by atoms with Gasteiger partial charge in [0.05, 0.1) is 0 Å². The molecule has 1 fully saturated rings. The minimum atomic E-state index is 0.579. The second kappa shape index (κ2) is 3.11. The Bertz CT molecular complexity index is 537. The number of aryl methyl sites for hydroxylation is 1. The second-order valence-corrected chi connectivity index (χ2v) is 5.10. The molecular formula is C14H16N2. The van der Waals surface area contributed by atoms with Crippen LogP contribution in [0, 0.1) is 0 Å². The van der Waals surface area contributed by atoms with Crippen LogP contribution < -0.4 is 5.32 Å². The molecule has 4 rings (SSSR count). The van der Waals surface area contributed by atoms with Crippen molar-refractivity contribution < 1.29 is 0 Å². The zero-order chi connectivity index (χ0) is 10.5. The number of hydrogen-bond acceptors (Lipinski definition) is 1. The van der Waals surface area contributed by atoms with Crippen molar-refractivity contribution in [2.45, 2.75) is 37.8 Å². The van der Waals surface area contributed by atoms with Crippen molar-refractivity contribution in [2.75, 3.05) is 0 Å². The van der Waals surface area contributed by atoms with Crippen LogP contribution in [0.4, 0.5) is 0 Å². The van der Waals surface area contributed by atoms with Gasteiger partial charge in [-0.2, -0.15) is 0 Å². The van der Waals surface area contributed by atoms with Crippen LogP contribution in [-0.2, 0) is 6.42 Å². The van der Waals surface area contributed by atoms with E-state index in [1.54, 1.807) is 5.56 Å². The molecule has 0 spiro atoms. The standard InChI is InChI=1S/C14H16N2/c1-2-4-12-10(3-1)11-7-8-13(14(11)16-12)15-9-5-6-9/h1-4,9,13,15-16H,5-8H2. The Kier molecular flexibility index (Phi) is 1.71. The van der Waals surface area contributed by atoms with Gasteiger partial charge in [-0.1, -0.05) is 18.2 Å². The molecule has 2 aromatic rings. The molecule has 82 valence electrons. The normalized spacial score (nSPS) is 23.9. The van der Waals surface area contributed by atoms with Crippen molar-refractivity contribution >= 4 is 10.9 Å². The first kappa shape index (κ1) is 8.82. The molecule has 0 saturated heterocycles. The maximum Gasteiger partial charge on any atom is 0.0481 e. The van der Waals surface area contributed by atoms with E-state index in [9.17, 15) is 0 Å². The lowest BCUT2D eigenvalue weighted by molar-refractivity contribution is 0.519.